The minimum Gasteiger partial charge on any atom is -0.467 e. The van der Waals surface area contributed by atoms with Crippen molar-refractivity contribution in [2.75, 3.05) is 7.11 Å². The lowest BCUT2D eigenvalue weighted by atomic mass is 10.0. The molecule has 2 N–H and O–H groups in total. The molecule has 1 amide bonds. The number of thioether (sulfide) groups is 1. The van der Waals surface area contributed by atoms with E-state index in [0.717, 1.165) is 5.56 Å². The molecule has 2 atom stereocenters. The quantitative estimate of drug-likeness (QED) is 0.284. The average molecular weight is 404 g/mol. The standard InChI is InChI=1S/C19H20N2O6S/c1-27-18(22)15(20-19(23)24)12-14(11-13-7-3-2-4-8-13)28-17-10-6-5-9-16(17)21(25)26/h2-10,14-15,20H,11-12H2,1H3,(H,23,24)/t14-,15?/m1/s1. The second-order valence-corrected chi connectivity index (χ2v) is 7.26. The highest BCUT2D eigenvalue weighted by Crippen LogP contribution is 2.35. The number of amides is 1. The Kier molecular flexibility index (Phi) is 7.82. The fourth-order valence-electron chi connectivity index (χ4n) is 2.71. The number of methoxy groups -OCH3 is 1. The van der Waals surface area contributed by atoms with Gasteiger partial charge in [-0.15, -0.1) is 11.8 Å². The van der Waals surface area contributed by atoms with E-state index < -0.39 is 23.0 Å². The number of esters is 1. The first-order valence-corrected chi connectivity index (χ1v) is 9.30. The van der Waals surface area contributed by atoms with Gasteiger partial charge in [0.1, 0.15) is 6.04 Å². The van der Waals surface area contributed by atoms with Crippen molar-refractivity contribution in [3.63, 3.8) is 0 Å². The maximum atomic E-state index is 12.0. The van der Waals surface area contributed by atoms with Crippen LogP contribution in [0.5, 0.6) is 0 Å². The van der Waals surface area contributed by atoms with Gasteiger partial charge in [0.05, 0.1) is 16.9 Å². The number of nitro groups is 1. The maximum Gasteiger partial charge on any atom is 0.405 e. The van der Waals surface area contributed by atoms with E-state index >= 15 is 0 Å². The molecule has 0 fully saturated rings. The molecule has 0 heterocycles. The minimum atomic E-state index is -1.34. The number of hydrogen-bond donors (Lipinski definition) is 2. The van der Waals surface area contributed by atoms with E-state index in [2.05, 4.69) is 5.32 Å². The smallest absolute Gasteiger partial charge is 0.405 e. The minimum absolute atomic E-state index is 0.0358. The molecule has 0 aliphatic heterocycles. The Bertz CT molecular complexity index is 830. The Labute approximate surface area is 166 Å². The van der Waals surface area contributed by atoms with Crippen LogP contribution in [0.25, 0.3) is 0 Å². The number of carbonyl (C=O) groups excluding carboxylic acids is 1. The van der Waals surface area contributed by atoms with Crippen molar-refractivity contribution in [1.82, 2.24) is 5.32 Å². The zero-order valence-corrected chi connectivity index (χ0v) is 15.9. The Morgan fingerprint density at radius 1 is 1.18 bits per heavy atom. The maximum absolute atomic E-state index is 12.0. The summed E-state index contributed by atoms with van der Waals surface area (Å²) in [6.07, 6.45) is -0.735. The highest BCUT2D eigenvalue weighted by Gasteiger charge is 2.28. The predicted octanol–water partition coefficient (Wildman–Crippen LogP) is 3.50. The normalized spacial score (nSPS) is 12.6. The van der Waals surface area contributed by atoms with Crippen LogP contribution in [0.1, 0.15) is 12.0 Å². The van der Waals surface area contributed by atoms with Gasteiger partial charge in [-0.05, 0) is 24.5 Å². The van der Waals surface area contributed by atoms with Crippen molar-refractivity contribution >= 4 is 29.5 Å². The summed E-state index contributed by atoms with van der Waals surface area (Å²) in [5.74, 6) is -0.705. The number of para-hydroxylation sites is 1. The van der Waals surface area contributed by atoms with Crippen LogP contribution in [0, 0.1) is 10.1 Å². The summed E-state index contributed by atoms with van der Waals surface area (Å²) < 4.78 is 4.69. The van der Waals surface area contributed by atoms with Crippen molar-refractivity contribution in [3.8, 4) is 0 Å². The number of ether oxygens (including phenoxy) is 1. The van der Waals surface area contributed by atoms with Crippen molar-refractivity contribution < 1.29 is 24.4 Å². The van der Waals surface area contributed by atoms with E-state index in [0.29, 0.717) is 11.3 Å². The number of nitrogens with zero attached hydrogens (tertiary/aromatic N) is 1. The highest BCUT2D eigenvalue weighted by molar-refractivity contribution is 8.00. The number of benzene rings is 2. The molecule has 8 nitrogen and oxygen atoms in total. The topological polar surface area (TPSA) is 119 Å². The molecule has 0 saturated heterocycles. The van der Waals surface area contributed by atoms with Gasteiger partial charge in [0.15, 0.2) is 0 Å². The summed E-state index contributed by atoms with van der Waals surface area (Å²) in [7, 11) is 1.18. The SMILES string of the molecule is COC(=O)C(C[C@@H](Cc1ccccc1)Sc1ccccc1[N+](=O)[O-])NC(=O)O. The monoisotopic (exact) mass is 404 g/mol. The van der Waals surface area contributed by atoms with Crippen LogP contribution in [0.3, 0.4) is 0 Å². The lowest BCUT2D eigenvalue weighted by molar-refractivity contribution is -0.387. The van der Waals surface area contributed by atoms with Crippen molar-refractivity contribution in [3.05, 3.63) is 70.3 Å². The molecule has 0 radical (unpaired) electrons. The fraction of sp³-hybridized carbons (Fsp3) is 0.263. The molecule has 2 aromatic carbocycles. The first-order valence-electron chi connectivity index (χ1n) is 8.42. The van der Waals surface area contributed by atoms with E-state index in [-0.39, 0.29) is 17.4 Å². The van der Waals surface area contributed by atoms with Crippen LogP contribution >= 0.6 is 11.8 Å². The third-order valence-electron chi connectivity index (χ3n) is 3.94. The molecule has 0 aromatic heterocycles. The van der Waals surface area contributed by atoms with Crippen LogP contribution in [0.2, 0.25) is 0 Å². The Balaban J connectivity index is 2.29. The number of nitrogens with one attached hydrogen (secondary N) is 1. The number of nitro benzene ring substituents is 1. The first-order chi connectivity index (χ1) is 13.4. The molecular formula is C19H20N2O6S. The summed E-state index contributed by atoms with van der Waals surface area (Å²) in [6, 6.07) is 14.7. The molecule has 9 heteroatoms. The summed E-state index contributed by atoms with van der Waals surface area (Å²) in [5.41, 5.74) is 0.934. The second kappa shape index (κ2) is 10.3. The summed E-state index contributed by atoms with van der Waals surface area (Å²) in [4.78, 5) is 34.4. The summed E-state index contributed by atoms with van der Waals surface area (Å²) in [5, 5.41) is 22.2. The first kappa shape index (κ1) is 21.2. The predicted molar refractivity (Wildman–Crippen MR) is 104 cm³/mol. The summed E-state index contributed by atoms with van der Waals surface area (Å²) in [6.45, 7) is 0. The Morgan fingerprint density at radius 3 is 2.43 bits per heavy atom. The van der Waals surface area contributed by atoms with Gasteiger partial charge < -0.3 is 15.2 Å². The van der Waals surface area contributed by atoms with E-state index in [1.807, 2.05) is 30.3 Å². The molecule has 0 aliphatic carbocycles. The Hall–Kier alpha value is -3.07. The summed E-state index contributed by atoms with van der Waals surface area (Å²) >= 11 is 1.24. The number of hydrogen-bond acceptors (Lipinski definition) is 6. The molecule has 0 aliphatic rings. The number of carbonyl (C=O) groups is 2. The molecule has 2 rings (SSSR count). The van der Waals surface area contributed by atoms with Gasteiger partial charge in [0, 0.05) is 11.3 Å². The van der Waals surface area contributed by atoms with Crippen molar-refractivity contribution in [2.24, 2.45) is 0 Å². The molecule has 0 bridgehead atoms. The van der Waals surface area contributed by atoms with Crippen molar-refractivity contribution in [1.29, 1.82) is 0 Å². The van der Waals surface area contributed by atoms with E-state index in [1.54, 1.807) is 18.2 Å². The van der Waals surface area contributed by atoms with E-state index in [9.17, 15) is 19.7 Å². The molecule has 148 valence electrons. The molecule has 2 aromatic rings. The highest BCUT2D eigenvalue weighted by atomic mass is 32.2. The molecule has 28 heavy (non-hydrogen) atoms. The second-order valence-electron chi connectivity index (χ2n) is 5.92. The van der Waals surface area contributed by atoms with Gasteiger partial charge >= 0.3 is 12.1 Å². The van der Waals surface area contributed by atoms with E-state index in [1.165, 1.54) is 24.9 Å². The largest absolute Gasteiger partial charge is 0.467 e. The molecule has 0 spiro atoms. The molecule has 0 saturated carbocycles. The zero-order chi connectivity index (χ0) is 20.5. The van der Waals surface area contributed by atoms with Gasteiger partial charge in [0.25, 0.3) is 5.69 Å². The number of carboxylic acid groups (broad SMARTS) is 1. The molecule has 1 unspecified atom stereocenters. The van der Waals surface area contributed by atoms with Crippen LogP contribution in [-0.2, 0) is 16.0 Å². The fourth-order valence-corrected chi connectivity index (χ4v) is 4.05. The molecular weight excluding hydrogens is 384 g/mol. The van der Waals surface area contributed by atoms with Gasteiger partial charge in [-0.25, -0.2) is 9.59 Å². The Morgan fingerprint density at radius 2 is 1.82 bits per heavy atom. The van der Waals surface area contributed by atoms with Gasteiger partial charge in [0.2, 0.25) is 0 Å². The van der Waals surface area contributed by atoms with Crippen LogP contribution < -0.4 is 5.32 Å². The van der Waals surface area contributed by atoms with Crippen LogP contribution in [-0.4, -0.2) is 40.5 Å². The third kappa shape index (κ3) is 6.27. The lowest BCUT2D eigenvalue weighted by Gasteiger charge is -2.22. The average Bonchev–Trinajstić information content (AvgIpc) is 2.67. The van der Waals surface area contributed by atoms with E-state index in [4.69, 9.17) is 9.84 Å². The lowest BCUT2D eigenvalue weighted by Crippen LogP contribution is -2.42. The van der Waals surface area contributed by atoms with Crippen molar-refractivity contribution in [2.45, 2.75) is 29.0 Å². The van der Waals surface area contributed by atoms with Gasteiger partial charge in [-0.1, -0.05) is 42.5 Å². The van der Waals surface area contributed by atoms with Gasteiger partial charge in [-0.3, -0.25) is 10.1 Å². The van der Waals surface area contributed by atoms with Crippen LogP contribution in [0.4, 0.5) is 10.5 Å². The zero-order valence-electron chi connectivity index (χ0n) is 15.1. The number of rotatable bonds is 9. The van der Waals surface area contributed by atoms with Crippen LogP contribution in [0.15, 0.2) is 59.5 Å². The third-order valence-corrected chi connectivity index (χ3v) is 5.24. The van der Waals surface area contributed by atoms with Gasteiger partial charge in [-0.2, -0.15) is 0 Å².